The molecule has 0 atom stereocenters. The first-order valence-electron chi connectivity index (χ1n) is 6.85. The number of rotatable bonds is 6. The Morgan fingerprint density at radius 2 is 1.77 bits per heavy atom. The number of hydrogen-bond acceptors (Lipinski definition) is 4. The maximum absolute atomic E-state index is 12.0. The van der Waals surface area contributed by atoms with E-state index in [2.05, 4.69) is 10.5 Å². The highest BCUT2D eigenvalue weighted by Gasteiger charge is 2.17. The smallest absolute Gasteiger partial charge is 0.273 e. The summed E-state index contributed by atoms with van der Waals surface area (Å²) in [6.45, 7) is 0.333. The van der Waals surface area contributed by atoms with Gasteiger partial charge in [0, 0.05) is 12.6 Å². The van der Waals surface area contributed by atoms with Gasteiger partial charge in [0.1, 0.15) is 19.5 Å². The summed E-state index contributed by atoms with van der Waals surface area (Å²) < 4.78 is 5.75. The number of para-hydroxylation sites is 1. The summed E-state index contributed by atoms with van der Waals surface area (Å²) in [5.41, 5.74) is 1.75. The summed E-state index contributed by atoms with van der Waals surface area (Å²) in [6, 6.07) is 16.9. The number of amides is 1. The number of nitrogens with one attached hydrogen (secondary N) is 1. The van der Waals surface area contributed by atoms with Crippen LogP contribution in [-0.4, -0.2) is 25.8 Å². The lowest BCUT2D eigenvalue weighted by Gasteiger charge is -2.12. The molecule has 0 aliphatic heterocycles. The zero-order valence-corrected chi connectivity index (χ0v) is 12.6. The fourth-order valence-corrected chi connectivity index (χ4v) is 1.98. The van der Waals surface area contributed by atoms with Gasteiger partial charge in [0.2, 0.25) is 0 Å². The average molecular weight is 298 g/mol. The van der Waals surface area contributed by atoms with Crippen molar-refractivity contribution in [2.75, 3.05) is 14.2 Å². The SMILES string of the molecule is CNC(=O)/C(=N\OC)c1ccccc1COc1ccccc1. The lowest BCUT2D eigenvalue weighted by molar-refractivity contribution is -0.114. The lowest BCUT2D eigenvalue weighted by Crippen LogP contribution is -2.29. The van der Waals surface area contributed by atoms with Crippen molar-refractivity contribution in [1.82, 2.24) is 5.32 Å². The summed E-state index contributed by atoms with van der Waals surface area (Å²) in [5.74, 6) is 0.455. The predicted molar refractivity (Wildman–Crippen MR) is 84.8 cm³/mol. The quantitative estimate of drug-likeness (QED) is 0.658. The van der Waals surface area contributed by atoms with E-state index in [1.807, 2.05) is 54.6 Å². The molecule has 0 bridgehead atoms. The molecule has 0 radical (unpaired) electrons. The largest absolute Gasteiger partial charge is 0.489 e. The van der Waals surface area contributed by atoms with Crippen LogP contribution in [0.15, 0.2) is 59.8 Å². The summed E-state index contributed by atoms with van der Waals surface area (Å²) >= 11 is 0. The van der Waals surface area contributed by atoms with Crippen molar-refractivity contribution in [2.45, 2.75) is 6.61 Å². The Kier molecular flexibility index (Phi) is 5.54. The van der Waals surface area contributed by atoms with Gasteiger partial charge in [0.15, 0.2) is 5.71 Å². The third-order valence-corrected chi connectivity index (χ3v) is 3.03. The number of oxime groups is 1. The second-order valence-corrected chi connectivity index (χ2v) is 4.46. The van der Waals surface area contributed by atoms with Crippen LogP contribution in [0, 0.1) is 0 Å². The molecule has 5 heteroatoms. The number of likely N-dealkylation sites (N-methyl/N-ethyl adjacent to an activating group) is 1. The van der Waals surface area contributed by atoms with Crippen LogP contribution in [0.2, 0.25) is 0 Å². The van der Waals surface area contributed by atoms with Gasteiger partial charge in [0.05, 0.1) is 0 Å². The van der Waals surface area contributed by atoms with Crippen molar-refractivity contribution >= 4 is 11.6 Å². The molecule has 2 aromatic rings. The first-order valence-corrected chi connectivity index (χ1v) is 6.85. The Hall–Kier alpha value is -2.82. The molecule has 0 spiro atoms. The standard InChI is InChI=1S/C17H18N2O3/c1-18-17(20)16(19-21-2)15-11-7-6-8-13(15)12-22-14-9-4-3-5-10-14/h3-11H,12H2,1-2H3,(H,18,20)/b19-16-. The van der Waals surface area contributed by atoms with Crippen molar-refractivity contribution < 1.29 is 14.4 Å². The van der Waals surface area contributed by atoms with E-state index in [9.17, 15) is 4.79 Å². The number of carbonyl (C=O) groups is 1. The zero-order valence-electron chi connectivity index (χ0n) is 12.6. The summed E-state index contributed by atoms with van der Waals surface area (Å²) in [7, 11) is 2.96. The Balaban J connectivity index is 2.26. The highest BCUT2D eigenvalue weighted by molar-refractivity contribution is 6.45. The third-order valence-electron chi connectivity index (χ3n) is 3.03. The number of nitrogens with zero attached hydrogens (tertiary/aromatic N) is 1. The van der Waals surface area contributed by atoms with Crippen molar-refractivity contribution in [3.63, 3.8) is 0 Å². The molecule has 0 heterocycles. The van der Waals surface area contributed by atoms with Gasteiger partial charge in [-0.3, -0.25) is 4.79 Å². The molecule has 2 rings (SSSR count). The fraction of sp³-hybridized carbons (Fsp3) is 0.176. The molecule has 114 valence electrons. The molecule has 1 N–H and O–H groups in total. The van der Waals surface area contributed by atoms with Gasteiger partial charge >= 0.3 is 0 Å². The van der Waals surface area contributed by atoms with Crippen molar-refractivity contribution in [3.05, 3.63) is 65.7 Å². The van der Waals surface area contributed by atoms with E-state index in [1.54, 1.807) is 7.05 Å². The second-order valence-electron chi connectivity index (χ2n) is 4.46. The summed E-state index contributed by atoms with van der Waals surface area (Å²) in [4.78, 5) is 16.8. The first-order chi connectivity index (χ1) is 10.8. The predicted octanol–water partition coefficient (Wildman–Crippen LogP) is 2.36. The minimum Gasteiger partial charge on any atom is -0.489 e. The number of benzene rings is 2. The maximum atomic E-state index is 12.0. The fourth-order valence-electron chi connectivity index (χ4n) is 1.98. The van der Waals surface area contributed by atoms with E-state index >= 15 is 0 Å². The zero-order chi connectivity index (χ0) is 15.8. The number of carbonyl (C=O) groups excluding carboxylic acids is 1. The van der Waals surface area contributed by atoms with Crippen LogP contribution < -0.4 is 10.1 Å². The van der Waals surface area contributed by atoms with Crippen LogP contribution >= 0.6 is 0 Å². The minimum atomic E-state index is -0.311. The van der Waals surface area contributed by atoms with Crippen LogP contribution in [0.3, 0.4) is 0 Å². The maximum Gasteiger partial charge on any atom is 0.273 e. The van der Waals surface area contributed by atoms with Gasteiger partial charge in [-0.1, -0.05) is 47.6 Å². The van der Waals surface area contributed by atoms with Crippen LogP contribution in [0.5, 0.6) is 5.75 Å². The first kappa shape index (κ1) is 15.6. The van der Waals surface area contributed by atoms with Crippen LogP contribution in [0.4, 0.5) is 0 Å². The molecule has 22 heavy (non-hydrogen) atoms. The molecule has 0 unspecified atom stereocenters. The topological polar surface area (TPSA) is 59.9 Å². The molecular weight excluding hydrogens is 280 g/mol. The number of ether oxygens (including phenoxy) is 1. The Labute approximate surface area is 129 Å². The molecule has 5 nitrogen and oxygen atoms in total. The highest BCUT2D eigenvalue weighted by atomic mass is 16.6. The number of hydrogen-bond donors (Lipinski definition) is 1. The van der Waals surface area contributed by atoms with Gasteiger partial charge in [0.25, 0.3) is 5.91 Å². The molecule has 0 saturated carbocycles. The van der Waals surface area contributed by atoms with E-state index in [4.69, 9.17) is 9.57 Å². The van der Waals surface area contributed by atoms with Crippen molar-refractivity contribution in [3.8, 4) is 5.75 Å². The highest BCUT2D eigenvalue weighted by Crippen LogP contribution is 2.16. The van der Waals surface area contributed by atoms with Crippen LogP contribution in [-0.2, 0) is 16.2 Å². The summed E-state index contributed by atoms with van der Waals surface area (Å²) in [6.07, 6.45) is 0. The van der Waals surface area contributed by atoms with Crippen LogP contribution in [0.1, 0.15) is 11.1 Å². The third kappa shape index (κ3) is 3.85. The van der Waals surface area contributed by atoms with Crippen LogP contribution in [0.25, 0.3) is 0 Å². The molecule has 0 aliphatic rings. The molecule has 0 fully saturated rings. The Morgan fingerprint density at radius 3 is 2.45 bits per heavy atom. The molecule has 1 amide bonds. The molecule has 0 saturated heterocycles. The summed E-state index contributed by atoms with van der Waals surface area (Å²) in [5, 5.41) is 6.39. The van der Waals surface area contributed by atoms with E-state index in [1.165, 1.54) is 7.11 Å². The normalized spacial score (nSPS) is 10.9. The van der Waals surface area contributed by atoms with Gasteiger partial charge < -0.3 is 14.9 Å². The van der Waals surface area contributed by atoms with Gasteiger partial charge in [-0.25, -0.2) is 0 Å². The second kappa shape index (κ2) is 7.83. The Morgan fingerprint density at radius 1 is 1.09 bits per heavy atom. The molecule has 0 aromatic heterocycles. The van der Waals surface area contributed by atoms with E-state index < -0.39 is 0 Å². The van der Waals surface area contributed by atoms with Gasteiger partial charge in [-0.15, -0.1) is 0 Å². The van der Waals surface area contributed by atoms with Gasteiger partial charge in [-0.05, 0) is 17.7 Å². The van der Waals surface area contributed by atoms with E-state index in [-0.39, 0.29) is 11.6 Å². The van der Waals surface area contributed by atoms with E-state index in [0.29, 0.717) is 12.2 Å². The van der Waals surface area contributed by atoms with Crippen molar-refractivity contribution in [2.24, 2.45) is 5.16 Å². The molecule has 2 aromatic carbocycles. The van der Waals surface area contributed by atoms with Gasteiger partial charge in [-0.2, -0.15) is 0 Å². The molecule has 0 aliphatic carbocycles. The lowest BCUT2D eigenvalue weighted by atomic mass is 10.0. The average Bonchev–Trinajstić information content (AvgIpc) is 2.58. The van der Waals surface area contributed by atoms with Crippen molar-refractivity contribution in [1.29, 1.82) is 0 Å². The van der Waals surface area contributed by atoms with E-state index in [0.717, 1.165) is 11.3 Å². The monoisotopic (exact) mass is 298 g/mol. The molecular formula is C17H18N2O3. The minimum absolute atomic E-state index is 0.220. The Bertz CT molecular complexity index is 654.